The first-order valence-corrected chi connectivity index (χ1v) is 5.94. The van der Waals surface area contributed by atoms with Crippen molar-refractivity contribution in [3.8, 4) is 0 Å². The van der Waals surface area contributed by atoms with Crippen molar-refractivity contribution in [2.75, 3.05) is 6.61 Å². The summed E-state index contributed by atoms with van der Waals surface area (Å²) in [5, 5.41) is 0. The van der Waals surface area contributed by atoms with E-state index < -0.39 is 7.58 Å². The molecule has 0 aliphatic carbocycles. The minimum atomic E-state index is -1.43. The van der Waals surface area contributed by atoms with Crippen LogP contribution >= 0.6 is 19.8 Å². The van der Waals surface area contributed by atoms with Crippen molar-refractivity contribution in [1.29, 1.82) is 0 Å². The molecule has 1 N–H and O–H groups in total. The Morgan fingerprint density at radius 3 is 2.60 bits per heavy atom. The van der Waals surface area contributed by atoms with Crippen LogP contribution in [0, 0.1) is 0 Å². The van der Waals surface area contributed by atoms with E-state index in [1.165, 1.54) is 19.3 Å². The van der Waals surface area contributed by atoms with E-state index in [9.17, 15) is 0 Å². The zero-order valence-corrected chi connectivity index (χ0v) is 8.07. The van der Waals surface area contributed by atoms with Gasteiger partial charge in [-0.3, -0.25) is 0 Å². The molecular weight excluding hydrogens is 167 g/mol. The molecule has 0 bridgehead atoms. The first-order chi connectivity index (χ1) is 4.77. The monoisotopic (exact) mass is 182 g/mol. The van der Waals surface area contributed by atoms with Crippen LogP contribution in [0.2, 0.25) is 0 Å². The van der Waals surface area contributed by atoms with E-state index in [-0.39, 0.29) is 0 Å². The summed E-state index contributed by atoms with van der Waals surface area (Å²) in [6, 6.07) is 0. The minimum Gasteiger partial charge on any atom is -0.342 e. The van der Waals surface area contributed by atoms with Gasteiger partial charge in [0.25, 0.3) is 0 Å². The third kappa shape index (κ3) is 8.70. The Morgan fingerprint density at radius 1 is 1.40 bits per heavy atom. The SMILES string of the molecule is CCCCCCOP(O)S. The van der Waals surface area contributed by atoms with E-state index in [0.717, 1.165) is 6.42 Å². The van der Waals surface area contributed by atoms with Crippen molar-refractivity contribution in [3.05, 3.63) is 0 Å². The molecular formula is C6H15O2PS. The standard InChI is InChI=1S/C6H15O2PS/c1-2-3-4-5-6-8-9(7)10/h7,10H,2-6H2,1H3. The third-order valence-electron chi connectivity index (χ3n) is 1.20. The van der Waals surface area contributed by atoms with Gasteiger partial charge in [0.15, 0.2) is 0 Å². The number of hydrogen-bond acceptors (Lipinski definition) is 3. The van der Waals surface area contributed by atoms with Crippen LogP contribution in [0.3, 0.4) is 0 Å². The highest BCUT2D eigenvalue weighted by molar-refractivity contribution is 8.41. The number of thiol groups is 1. The average Bonchev–Trinajstić information content (AvgIpc) is 1.87. The Labute approximate surface area is 69.0 Å². The Morgan fingerprint density at radius 2 is 2.10 bits per heavy atom. The molecule has 0 fully saturated rings. The van der Waals surface area contributed by atoms with Gasteiger partial charge in [0.1, 0.15) is 0 Å². The number of hydrogen-bond donors (Lipinski definition) is 2. The molecule has 0 amide bonds. The molecule has 0 rings (SSSR count). The van der Waals surface area contributed by atoms with Gasteiger partial charge < -0.3 is 9.42 Å². The lowest BCUT2D eigenvalue weighted by molar-refractivity contribution is 0.310. The Hall–Kier alpha value is 0.700. The second-order valence-electron chi connectivity index (χ2n) is 2.15. The van der Waals surface area contributed by atoms with Gasteiger partial charge in [0.05, 0.1) is 6.61 Å². The van der Waals surface area contributed by atoms with Gasteiger partial charge in [-0.1, -0.05) is 38.4 Å². The second-order valence-corrected chi connectivity index (χ2v) is 3.94. The third-order valence-corrected chi connectivity index (χ3v) is 1.96. The molecule has 0 saturated carbocycles. The predicted molar refractivity (Wildman–Crippen MR) is 48.2 cm³/mol. The van der Waals surface area contributed by atoms with Crippen LogP contribution in [0.25, 0.3) is 0 Å². The molecule has 1 atom stereocenters. The molecule has 0 aromatic heterocycles. The fourth-order valence-corrected chi connectivity index (χ4v) is 1.21. The molecule has 0 saturated heterocycles. The van der Waals surface area contributed by atoms with Crippen molar-refractivity contribution < 1.29 is 9.42 Å². The summed E-state index contributed by atoms with van der Waals surface area (Å²) in [5.74, 6) is 0. The average molecular weight is 182 g/mol. The lowest BCUT2D eigenvalue weighted by Gasteiger charge is -2.02. The lowest BCUT2D eigenvalue weighted by atomic mass is 10.2. The van der Waals surface area contributed by atoms with Gasteiger partial charge >= 0.3 is 0 Å². The van der Waals surface area contributed by atoms with Gasteiger partial charge in [0.2, 0.25) is 7.58 Å². The van der Waals surface area contributed by atoms with E-state index in [4.69, 9.17) is 9.42 Å². The van der Waals surface area contributed by atoms with Crippen molar-refractivity contribution in [1.82, 2.24) is 0 Å². The summed E-state index contributed by atoms with van der Waals surface area (Å²) in [5.41, 5.74) is 0. The highest BCUT2D eigenvalue weighted by atomic mass is 32.7. The zero-order chi connectivity index (χ0) is 7.82. The number of unbranched alkanes of at least 4 members (excludes halogenated alkanes) is 3. The van der Waals surface area contributed by atoms with Crippen LogP contribution in [0.15, 0.2) is 0 Å². The van der Waals surface area contributed by atoms with E-state index in [2.05, 4.69) is 19.2 Å². The topological polar surface area (TPSA) is 29.5 Å². The normalized spacial score (nSPS) is 13.5. The minimum absolute atomic E-state index is 0.645. The van der Waals surface area contributed by atoms with Crippen LogP contribution in [0.5, 0.6) is 0 Å². The zero-order valence-electron chi connectivity index (χ0n) is 6.29. The maximum Gasteiger partial charge on any atom is 0.232 e. The van der Waals surface area contributed by atoms with Crippen LogP contribution in [0.1, 0.15) is 32.6 Å². The first kappa shape index (κ1) is 10.7. The molecule has 0 radical (unpaired) electrons. The Kier molecular flexibility index (Phi) is 8.35. The summed E-state index contributed by atoms with van der Waals surface area (Å²) >= 11 is 3.72. The number of rotatable bonds is 6. The molecule has 4 heteroatoms. The van der Waals surface area contributed by atoms with Gasteiger partial charge in [0, 0.05) is 0 Å². The van der Waals surface area contributed by atoms with Crippen molar-refractivity contribution in [2.24, 2.45) is 0 Å². The molecule has 0 aromatic carbocycles. The smallest absolute Gasteiger partial charge is 0.232 e. The van der Waals surface area contributed by atoms with Gasteiger partial charge in [-0.15, -0.1) is 0 Å². The maximum absolute atomic E-state index is 8.62. The molecule has 0 aliphatic heterocycles. The van der Waals surface area contributed by atoms with Crippen LogP contribution in [0.4, 0.5) is 0 Å². The first-order valence-electron chi connectivity index (χ1n) is 3.58. The largest absolute Gasteiger partial charge is 0.342 e. The van der Waals surface area contributed by atoms with Gasteiger partial charge in [-0.2, -0.15) is 0 Å². The second kappa shape index (κ2) is 7.80. The summed E-state index contributed by atoms with van der Waals surface area (Å²) < 4.78 is 4.87. The van der Waals surface area contributed by atoms with E-state index in [1.54, 1.807) is 0 Å². The summed E-state index contributed by atoms with van der Waals surface area (Å²) in [4.78, 5) is 8.62. The van der Waals surface area contributed by atoms with Crippen LogP contribution in [-0.2, 0) is 4.52 Å². The fourth-order valence-electron chi connectivity index (χ4n) is 0.675. The maximum atomic E-state index is 8.62. The summed E-state index contributed by atoms with van der Waals surface area (Å²) in [6.07, 6.45) is 4.70. The van der Waals surface area contributed by atoms with Crippen LogP contribution in [-0.4, -0.2) is 11.5 Å². The predicted octanol–water partition coefficient (Wildman–Crippen LogP) is 2.73. The Balaban J connectivity index is 2.77. The molecule has 0 spiro atoms. The quantitative estimate of drug-likeness (QED) is 0.376. The highest BCUT2D eigenvalue weighted by Gasteiger charge is 1.94. The summed E-state index contributed by atoms with van der Waals surface area (Å²) in [6.45, 7) is 2.81. The van der Waals surface area contributed by atoms with E-state index in [0.29, 0.717) is 6.61 Å². The molecule has 2 nitrogen and oxygen atoms in total. The van der Waals surface area contributed by atoms with E-state index >= 15 is 0 Å². The van der Waals surface area contributed by atoms with Crippen molar-refractivity contribution in [2.45, 2.75) is 32.6 Å². The highest BCUT2D eigenvalue weighted by Crippen LogP contribution is 2.36. The lowest BCUT2D eigenvalue weighted by Crippen LogP contribution is -1.86. The molecule has 10 heavy (non-hydrogen) atoms. The summed E-state index contributed by atoms with van der Waals surface area (Å²) in [7, 11) is -1.43. The van der Waals surface area contributed by atoms with Gasteiger partial charge in [-0.25, -0.2) is 0 Å². The fraction of sp³-hybridized carbons (Fsp3) is 1.00. The molecule has 1 unspecified atom stereocenters. The van der Waals surface area contributed by atoms with Crippen LogP contribution < -0.4 is 0 Å². The molecule has 0 aliphatic rings. The van der Waals surface area contributed by atoms with Crippen molar-refractivity contribution >= 4 is 19.8 Å². The van der Waals surface area contributed by atoms with Crippen molar-refractivity contribution in [3.63, 3.8) is 0 Å². The van der Waals surface area contributed by atoms with E-state index in [1.807, 2.05) is 0 Å². The molecule has 0 heterocycles. The Bertz CT molecular complexity index is 70.8. The molecule has 0 aromatic rings. The van der Waals surface area contributed by atoms with Gasteiger partial charge in [-0.05, 0) is 6.42 Å². The molecule has 62 valence electrons.